The van der Waals surface area contributed by atoms with E-state index in [0.717, 1.165) is 18.5 Å². The highest BCUT2D eigenvalue weighted by molar-refractivity contribution is 5.79. The summed E-state index contributed by atoms with van der Waals surface area (Å²) in [6.45, 7) is 3.00. The average molecular weight is 290 g/mol. The van der Waals surface area contributed by atoms with Crippen LogP contribution in [0.3, 0.4) is 0 Å². The fourth-order valence-electron chi connectivity index (χ4n) is 2.92. The number of rotatable bonds is 3. The minimum Gasteiger partial charge on any atom is -0.334 e. The molecule has 110 valence electrons. The van der Waals surface area contributed by atoms with E-state index in [0.29, 0.717) is 0 Å². The predicted octanol–water partition coefficient (Wildman–Crippen LogP) is 3.47. The van der Waals surface area contributed by atoms with Gasteiger partial charge in [0.25, 0.3) is 0 Å². The summed E-state index contributed by atoms with van der Waals surface area (Å²) >= 11 is 0. The molecule has 2 aromatic carbocycles. The monoisotopic (exact) mass is 290 g/mol. The zero-order valence-corrected chi connectivity index (χ0v) is 12.8. The first-order valence-electron chi connectivity index (χ1n) is 7.53. The Bertz CT molecular complexity index is 962. The predicted molar refractivity (Wildman–Crippen MR) is 88.9 cm³/mol. The van der Waals surface area contributed by atoms with Gasteiger partial charge in [-0.3, -0.25) is 4.68 Å². The fraction of sp³-hybridized carbons (Fsp3) is 0.222. The lowest BCUT2D eigenvalue weighted by Gasteiger charge is -2.05. The molecular weight excluding hydrogens is 272 g/mol. The van der Waals surface area contributed by atoms with Gasteiger partial charge in [-0.25, -0.2) is 4.98 Å². The van der Waals surface area contributed by atoms with Gasteiger partial charge >= 0.3 is 0 Å². The molecule has 22 heavy (non-hydrogen) atoms. The Morgan fingerprint density at radius 3 is 2.86 bits per heavy atom. The second-order valence-electron chi connectivity index (χ2n) is 5.86. The van der Waals surface area contributed by atoms with Crippen molar-refractivity contribution in [1.29, 1.82) is 0 Å². The third kappa shape index (κ3) is 2.17. The Kier molecular flexibility index (Phi) is 2.96. The summed E-state index contributed by atoms with van der Waals surface area (Å²) in [5.74, 6) is 0. The van der Waals surface area contributed by atoms with Crippen molar-refractivity contribution < 1.29 is 0 Å². The molecule has 2 heterocycles. The summed E-state index contributed by atoms with van der Waals surface area (Å²) in [5.41, 5.74) is 6.02. The van der Waals surface area contributed by atoms with Crippen molar-refractivity contribution in [2.45, 2.75) is 19.9 Å². The van der Waals surface area contributed by atoms with Gasteiger partial charge in [-0.2, -0.15) is 5.10 Å². The maximum absolute atomic E-state index is 4.52. The normalized spacial score (nSPS) is 11.5. The molecule has 0 spiro atoms. The molecule has 0 atom stereocenters. The van der Waals surface area contributed by atoms with Gasteiger partial charge in [-0.1, -0.05) is 18.2 Å². The molecule has 0 N–H and O–H groups in total. The molecule has 0 bridgehead atoms. The highest BCUT2D eigenvalue weighted by Crippen LogP contribution is 2.18. The molecule has 0 aliphatic carbocycles. The van der Waals surface area contributed by atoms with Crippen molar-refractivity contribution in [2.75, 3.05) is 0 Å². The van der Waals surface area contributed by atoms with Crippen molar-refractivity contribution in [3.05, 3.63) is 60.0 Å². The summed E-state index contributed by atoms with van der Waals surface area (Å²) in [7, 11) is 2.03. The lowest BCUT2D eigenvalue weighted by Crippen LogP contribution is -2.03. The molecule has 0 aliphatic heterocycles. The number of aryl methyl sites for hydroxylation is 4. The first kappa shape index (κ1) is 13.1. The van der Waals surface area contributed by atoms with Crippen molar-refractivity contribution in [1.82, 2.24) is 19.3 Å². The molecule has 0 saturated carbocycles. The molecule has 0 amide bonds. The van der Waals surface area contributed by atoms with Crippen LogP contribution < -0.4 is 0 Å². The number of fused-ring (bicyclic) bond motifs is 2. The largest absolute Gasteiger partial charge is 0.334 e. The minimum atomic E-state index is 0.885. The molecular formula is C18H18N4. The lowest BCUT2D eigenvalue weighted by molar-refractivity contribution is 0.635. The first-order chi connectivity index (χ1) is 10.7. The standard InChI is InChI=1S/C18H18N4/c1-13-3-5-15-11-20-22(17(15)9-13)8-7-14-4-6-16-18(10-14)21(2)12-19-16/h3-6,9-12H,7-8H2,1-2H3. The summed E-state index contributed by atoms with van der Waals surface area (Å²) in [4.78, 5) is 4.37. The SMILES string of the molecule is Cc1ccc2cnn(CCc3ccc4ncn(C)c4c3)c2c1. The van der Waals surface area contributed by atoms with Gasteiger partial charge in [0.05, 0.1) is 29.1 Å². The van der Waals surface area contributed by atoms with E-state index in [-0.39, 0.29) is 0 Å². The number of imidazole rings is 1. The van der Waals surface area contributed by atoms with Crippen LogP contribution in [0.4, 0.5) is 0 Å². The molecule has 0 fully saturated rings. The van der Waals surface area contributed by atoms with Gasteiger partial charge in [0.1, 0.15) is 0 Å². The summed E-state index contributed by atoms with van der Waals surface area (Å²) in [6, 6.07) is 12.9. The maximum atomic E-state index is 4.52. The molecule has 0 saturated heterocycles. The second kappa shape index (κ2) is 4.98. The highest BCUT2D eigenvalue weighted by atomic mass is 15.3. The van der Waals surface area contributed by atoms with E-state index in [1.54, 1.807) is 0 Å². The molecule has 4 aromatic rings. The maximum Gasteiger partial charge on any atom is 0.0955 e. The van der Waals surface area contributed by atoms with E-state index in [1.165, 1.54) is 27.5 Å². The number of hydrogen-bond donors (Lipinski definition) is 0. The number of aromatic nitrogens is 4. The average Bonchev–Trinajstić information content (AvgIpc) is 3.09. The van der Waals surface area contributed by atoms with Gasteiger partial charge < -0.3 is 4.57 Å². The van der Waals surface area contributed by atoms with Gasteiger partial charge in [0, 0.05) is 19.0 Å². The van der Waals surface area contributed by atoms with Crippen LogP contribution in [0.5, 0.6) is 0 Å². The highest BCUT2D eigenvalue weighted by Gasteiger charge is 2.05. The Hall–Kier alpha value is -2.62. The van der Waals surface area contributed by atoms with E-state index in [2.05, 4.69) is 62.7 Å². The Balaban J connectivity index is 1.62. The van der Waals surface area contributed by atoms with Crippen LogP contribution in [-0.4, -0.2) is 19.3 Å². The second-order valence-corrected chi connectivity index (χ2v) is 5.86. The van der Waals surface area contributed by atoms with E-state index in [4.69, 9.17) is 0 Å². The Morgan fingerprint density at radius 2 is 1.95 bits per heavy atom. The zero-order chi connectivity index (χ0) is 15.1. The Labute approximate surface area is 129 Å². The van der Waals surface area contributed by atoms with Gasteiger partial charge in [-0.05, 0) is 42.7 Å². The van der Waals surface area contributed by atoms with E-state index < -0.39 is 0 Å². The van der Waals surface area contributed by atoms with Crippen LogP contribution in [0.25, 0.3) is 21.9 Å². The van der Waals surface area contributed by atoms with Gasteiger partial charge in [0.2, 0.25) is 0 Å². The Morgan fingerprint density at radius 1 is 1.05 bits per heavy atom. The van der Waals surface area contributed by atoms with Gasteiger partial charge in [-0.15, -0.1) is 0 Å². The quantitative estimate of drug-likeness (QED) is 0.579. The van der Waals surface area contributed by atoms with Crippen LogP contribution in [0.2, 0.25) is 0 Å². The third-order valence-corrected chi connectivity index (χ3v) is 4.20. The molecule has 0 radical (unpaired) electrons. The molecule has 2 aromatic heterocycles. The van der Waals surface area contributed by atoms with Crippen LogP contribution in [0.15, 0.2) is 48.9 Å². The zero-order valence-electron chi connectivity index (χ0n) is 12.8. The summed E-state index contributed by atoms with van der Waals surface area (Å²) in [6.07, 6.45) is 4.77. The first-order valence-corrected chi connectivity index (χ1v) is 7.53. The molecule has 4 heteroatoms. The lowest BCUT2D eigenvalue weighted by atomic mass is 10.1. The van der Waals surface area contributed by atoms with Crippen molar-refractivity contribution in [3.8, 4) is 0 Å². The van der Waals surface area contributed by atoms with E-state index >= 15 is 0 Å². The minimum absolute atomic E-state index is 0.885. The van der Waals surface area contributed by atoms with Crippen molar-refractivity contribution in [3.63, 3.8) is 0 Å². The van der Waals surface area contributed by atoms with Crippen molar-refractivity contribution >= 4 is 21.9 Å². The van der Waals surface area contributed by atoms with Crippen LogP contribution in [0, 0.1) is 6.92 Å². The summed E-state index contributed by atoms with van der Waals surface area (Å²) in [5, 5.41) is 5.72. The molecule has 4 nitrogen and oxygen atoms in total. The smallest absolute Gasteiger partial charge is 0.0955 e. The summed E-state index contributed by atoms with van der Waals surface area (Å²) < 4.78 is 4.15. The topological polar surface area (TPSA) is 35.6 Å². The third-order valence-electron chi connectivity index (χ3n) is 4.20. The molecule has 0 unspecified atom stereocenters. The number of benzene rings is 2. The van der Waals surface area contributed by atoms with Crippen molar-refractivity contribution in [2.24, 2.45) is 7.05 Å². The molecule has 4 rings (SSSR count). The van der Waals surface area contributed by atoms with Crippen LogP contribution in [0.1, 0.15) is 11.1 Å². The number of nitrogens with zero attached hydrogens (tertiary/aromatic N) is 4. The fourth-order valence-corrected chi connectivity index (χ4v) is 2.92. The molecule has 0 aliphatic rings. The van der Waals surface area contributed by atoms with E-state index in [9.17, 15) is 0 Å². The van der Waals surface area contributed by atoms with Gasteiger partial charge in [0.15, 0.2) is 0 Å². The van der Waals surface area contributed by atoms with Crippen LogP contribution >= 0.6 is 0 Å². The number of hydrogen-bond acceptors (Lipinski definition) is 2. The van der Waals surface area contributed by atoms with E-state index in [1.807, 2.05) is 19.6 Å². The van der Waals surface area contributed by atoms with Crippen LogP contribution in [-0.2, 0) is 20.0 Å².